The lowest BCUT2D eigenvalue weighted by atomic mass is 10.0. The molecule has 0 saturated carbocycles. The summed E-state index contributed by atoms with van der Waals surface area (Å²) in [5.41, 5.74) is 3.15. The third-order valence-corrected chi connectivity index (χ3v) is 5.69. The van der Waals surface area contributed by atoms with E-state index in [0.717, 1.165) is 0 Å². The molecule has 2 rings (SSSR count). The molecule has 186 valence electrons. The Balaban J connectivity index is 2.00. The van der Waals surface area contributed by atoms with E-state index in [4.69, 9.17) is 37.9 Å². The lowest BCUT2D eigenvalue weighted by molar-refractivity contribution is -0.132. The number of ether oxygens (including phenoxy) is 2. The molecular weight excluding hydrogens is 559 g/mol. The molecule has 2 amide bonds. The van der Waals surface area contributed by atoms with Gasteiger partial charge in [0.1, 0.15) is 23.6 Å². The van der Waals surface area contributed by atoms with Crippen LogP contribution in [0.2, 0.25) is 10.0 Å². The maximum Gasteiger partial charge on any atom is 0.262 e. The summed E-state index contributed by atoms with van der Waals surface area (Å²) in [6, 6.07) is 10.9. The second-order valence-electron chi connectivity index (χ2n) is 7.90. The number of nitriles is 1. The van der Waals surface area contributed by atoms with E-state index in [1.807, 2.05) is 19.9 Å². The third kappa shape index (κ3) is 9.40. The maximum atomic E-state index is 12.7. The van der Waals surface area contributed by atoms with E-state index in [0.29, 0.717) is 33.0 Å². The normalized spacial score (nSPS) is 12.6. The first-order chi connectivity index (χ1) is 16.6. The first kappa shape index (κ1) is 28.4. The van der Waals surface area contributed by atoms with E-state index >= 15 is 0 Å². The van der Waals surface area contributed by atoms with Crippen molar-refractivity contribution in [3.05, 3.63) is 56.5 Å². The summed E-state index contributed by atoms with van der Waals surface area (Å²) in [5.74, 6) is 0.0201. The zero-order chi connectivity index (χ0) is 26.0. The highest BCUT2D eigenvalue weighted by molar-refractivity contribution is 9.10. The second kappa shape index (κ2) is 13.9. The number of hydrazone groups is 1. The van der Waals surface area contributed by atoms with Crippen LogP contribution in [0.5, 0.6) is 11.5 Å². The van der Waals surface area contributed by atoms with Crippen molar-refractivity contribution in [1.82, 2.24) is 10.7 Å². The molecule has 0 aliphatic rings. The van der Waals surface area contributed by atoms with Crippen molar-refractivity contribution in [3.8, 4) is 17.6 Å². The van der Waals surface area contributed by atoms with E-state index in [-0.39, 0.29) is 17.5 Å². The van der Waals surface area contributed by atoms with E-state index in [1.165, 1.54) is 12.3 Å². The predicted molar refractivity (Wildman–Crippen MR) is 139 cm³/mol. The lowest BCUT2D eigenvalue weighted by Gasteiger charge is -2.22. The minimum Gasteiger partial charge on any atom is -0.479 e. The number of carbonyl (C=O) groups excluding carboxylic acids is 2. The average molecular weight is 584 g/mol. The van der Waals surface area contributed by atoms with Gasteiger partial charge in [-0.3, -0.25) is 9.59 Å². The number of hydrogen-bond donors (Lipinski definition) is 2. The summed E-state index contributed by atoms with van der Waals surface area (Å²) in [5, 5.41) is 16.0. The number of carbonyl (C=O) groups is 2. The van der Waals surface area contributed by atoms with E-state index in [2.05, 4.69) is 31.8 Å². The molecule has 11 heteroatoms. The van der Waals surface area contributed by atoms with Crippen LogP contribution in [-0.2, 0) is 9.59 Å². The summed E-state index contributed by atoms with van der Waals surface area (Å²) >= 11 is 15.4. The average Bonchev–Trinajstić information content (AvgIpc) is 2.79. The van der Waals surface area contributed by atoms with Crippen LogP contribution in [0.3, 0.4) is 0 Å². The van der Waals surface area contributed by atoms with Crippen LogP contribution in [0.25, 0.3) is 0 Å². The Kier molecular flexibility index (Phi) is 11.3. The minimum atomic E-state index is -0.904. The van der Waals surface area contributed by atoms with Gasteiger partial charge in [-0.1, -0.05) is 37.0 Å². The van der Waals surface area contributed by atoms with Crippen molar-refractivity contribution in [1.29, 1.82) is 5.26 Å². The van der Waals surface area contributed by atoms with Gasteiger partial charge in [0.2, 0.25) is 0 Å². The Hall–Kier alpha value is -2.80. The number of nitrogens with one attached hydrogen (secondary N) is 2. The van der Waals surface area contributed by atoms with Crippen LogP contribution in [-0.4, -0.2) is 36.8 Å². The van der Waals surface area contributed by atoms with Crippen molar-refractivity contribution < 1.29 is 19.1 Å². The Morgan fingerprint density at radius 2 is 1.86 bits per heavy atom. The molecule has 0 aliphatic heterocycles. The fraction of sp³-hybridized carbons (Fsp3) is 0.333. The molecule has 2 N–H and O–H groups in total. The summed E-state index contributed by atoms with van der Waals surface area (Å²) < 4.78 is 11.5. The molecule has 0 aromatic heterocycles. The molecule has 0 heterocycles. The Labute approximate surface area is 222 Å². The standard InChI is InChI=1S/C24H25BrCl2N4O4/c1-14(2)10-20(30-23(32)15(3)35-22-7-5-17(26)12-19(22)27)24(33)31-29-13-16-4-6-21(18(25)11-16)34-9-8-28/h4-7,11-15,20H,9-10H2,1-3H3,(H,30,32)(H,31,33)/b29-13-/t15-,20-/m1/s1. The van der Waals surface area contributed by atoms with Gasteiger partial charge < -0.3 is 14.8 Å². The van der Waals surface area contributed by atoms with Crippen molar-refractivity contribution in [2.45, 2.75) is 39.3 Å². The zero-order valence-electron chi connectivity index (χ0n) is 19.3. The van der Waals surface area contributed by atoms with Gasteiger partial charge in [0, 0.05) is 5.02 Å². The van der Waals surface area contributed by atoms with Crippen LogP contribution >= 0.6 is 39.1 Å². The van der Waals surface area contributed by atoms with Crippen LogP contribution in [0, 0.1) is 17.2 Å². The van der Waals surface area contributed by atoms with Crippen molar-refractivity contribution in [2.75, 3.05) is 6.61 Å². The Morgan fingerprint density at radius 1 is 1.14 bits per heavy atom. The van der Waals surface area contributed by atoms with E-state index in [9.17, 15) is 9.59 Å². The first-order valence-electron chi connectivity index (χ1n) is 10.6. The molecular formula is C24H25BrCl2N4O4. The van der Waals surface area contributed by atoms with Crippen molar-refractivity contribution in [2.24, 2.45) is 11.0 Å². The second-order valence-corrected chi connectivity index (χ2v) is 9.59. The molecule has 0 fully saturated rings. The lowest BCUT2D eigenvalue weighted by Crippen LogP contribution is -2.49. The summed E-state index contributed by atoms with van der Waals surface area (Å²) in [6.45, 7) is 5.37. The largest absolute Gasteiger partial charge is 0.479 e. The van der Waals surface area contributed by atoms with Gasteiger partial charge in [0.15, 0.2) is 12.7 Å². The number of rotatable bonds is 11. The molecule has 0 aliphatic carbocycles. The zero-order valence-corrected chi connectivity index (χ0v) is 22.4. The van der Waals surface area contributed by atoms with Crippen LogP contribution in [0.15, 0.2) is 46.0 Å². The van der Waals surface area contributed by atoms with Crippen LogP contribution in [0.1, 0.15) is 32.8 Å². The SMILES string of the molecule is CC(C)C[C@@H](NC(=O)[C@@H](C)Oc1ccc(Cl)cc1Cl)C(=O)N/N=C\c1ccc(OCC#N)c(Br)c1. The van der Waals surface area contributed by atoms with Crippen LogP contribution in [0.4, 0.5) is 0 Å². The highest BCUT2D eigenvalue weighted by Crippen LogP contribution is 2.28. The number of halogens is 3. The third-order valence-electron chi connectivity index (χ3n) is 4.54. The van der Waals surface area contributed by atoms with Crippen molar-refractivity contribution >= 4 is 57.2 Å². The van der Waals surface area contributed by atoms with Gasteiger partial charge in [-0.2, -0.15) is 10.4 Å². The van der Waals surface area contributed by atoms with E-state index in [1.54, 1.807) is 37.3 Å². The minimum absolute atomic E-state index is 0.0680. The quantitative estimate of drug-likeness (QED) is 0.282. The number of amides is 2. The highest BCUT2D eigenvalue weighted by Gasteiger charge is 2.25. The maximum absolute atomic E-state index is 12.7. The molecule has 0 unspecified atom stereocenters. The first-order valence-corrected chi connectivity index (χ1v) is 12.2. The molecule has 0 radical (unpaired) electrons. The molecule has 2 atom stereocenters. The van der Waals surface area contributed by atoms with Gasteiger partial charge >= 0.3 is 0 Å². The Bertz CT molecular complexity index is 1120. The van der Waals surface area contributed by atoms with Gasteiger partial charge in [-0.15, -0.1) is 0 Å². The molecule has 0 saturated heterocycles. The van der Waals surface area contributed by atoms with Gasteiger partial charge in [-0.05, 0) is 77.2 Å². The van der Waals surface area contributed by atoms with E-state index < -0.39 is 24.0 Å². The number of nitrogens with zero attached hydrogens (tertiary/aromatic N) is 2. The molecule has 2 aromatic rings. The molecule has 0 spiro atoms. The summed E-state index contributed by atoms with van der Waals surface area (Å²) in [7, 11) is 0. The molecule has 35 heavy (non-hydrogen) atoms. The van der Waals surface area contributed by atoms with Gasteiger partial charge in [-0.25, -0.2) is 5.43 Å². The smallest absolute Gasteiger partial charge is 0.262 e. The van der Waals surface area contributed by atoms with Gasteiger partial charge in [0.05, 0.1) is 15.7 Å². The highest BCUT2D eigenvalue weighted by atomic mass is 79.9. The fourth-order valence-electron chi connectivity index (χ4n) is 2.88. The topological polar surface area (TPSA) is 113 Å². The molecule has 2 aromatic carbocycles. The van der Waals surface area contributed by atoms with Crippen molar-refractivity contribution in [3.63, 3.8) is 0 Å². The predicted octanol–water partition coefficient (Wildman–Crippen LogP) is 5.11. The Morgan fingerprint density at radius 3 is 2.49 bits per heavy atom. The molecule has 0 bridgehead atoms. The molecule has 8 nitrogen and oxygen atoms in total. The fourth-order valence-corrected chi connectivity index (χ4v) is 3.84. The monoisotopic (exact) mass is 582 g/mol. The summed E-state index contributed by atoms with van der Waals surface area (Å²) in [4.78, 5) is 25.4. The van der Waals surface area contributed by atoms with Crippen LogP contribution < -0.4 is 20.2 Å². The summed E-state index contributed by atoms with van der Waals surface area (Å²) in [6.07, 6.45) is 0.954. The van der Waals surface area contributed by atoms with Gasteiger partial charge in [0.25, 0.3) is 11.8 Å². The number of hydrogen-bond acceptors (Lipinski definition) is 6. The number of benzene rings is 2.